The molecule has 1 amide bonds. The maximum atomic E-state index is 12.5. The summed E-state index contributed by atoms with van der Waals surface area (Å²) in [5, 5.41) is 2.60. The number of sulfonamides is 1. The van der Waals surface area contributed by atoms with Gasteiger partial charge in [-0.3, -0.25) is 9.78 Å². The van der Waals surface area contributed by atoms with Gasteiger partial charge in [-0.1, -0.05) is 0 Å². The molecular weight excluding hydrogens is 396 g/mol. The zero-order valence-corrected chi connectivity index (χ0v) is 17.0. The molecule has 0 aliphatic carbocycles. The fourth-order valence-electron chi connectivity index (χ4n) is 2.80. The summed E-state index contributed by atoms with van der Waals surface area (Å²) < 4.78 is 31.6. The number of esters is 1. The van der Waals surface area contributed by atoms with E-state index >= 15 is 0 Å². The SMILES string of the molecule is Cc1cnc(C(=O)OC(C)C(=O)Nc2ccc(S(=O)(=O)N3CCCC3)cc2)cn1. The molecule has 1 aromatic heterocycles. The average molecular weight is 418 g/mol. The summed E-state index contributed by atoms with van der Waals surface area (Å²) in [4.78, 5) is 32.3. The lowest BCUT2D eigenvalue weighted by Gasteiger charge is -2.16. The number of aromatic nitrogens is 2. The van der Waals surface area contributed by atoms with Crippen molar-refractivity contribution in [3.05, 3.63) is 48.0 Å². The zero-order valence-electron chi connectivity index (χ0n) is 16.2. The molecule has 0 radical (unpaired) electrons. The molecule has 1 N–H and O–H groups in total. The second kappa shape index (κ2) is 8.66. The first-order valence-electron chi connectivity index (χ1n) is 9.18. The minimum Gasteiger partial charge on any atom is -0.448 e. The van der Waals surface area contributed by atoms with Gasteiger partial charge in [0.2, 0.25) is 10.0 Å². The molecule has 154 valence electrons. The minimum atomic E-state index is -3.51. The lowest BCUT2D eigenvalue weighted by Crippen LogP contribution is -2.30. The number of ether oxygens (including phenoxy) is 1. The van der Waals surface area contributed by atoms with Crippen LogP contribution in [0.3, 0.4) is 0 Å². The van der Waals surface area contributed by atoms with Gasteiger partial charge in [-0.05, 0) is 51.0 Å². The van der Waals surface area contributed by atoms with E-state index in [0.717, 1.165) is 12.8 Å². The number of aryl methyl sites for hydroxylation is 1. The van der Waals surface area contributed by atoms with Crippen LogP contribution in [0.2, 0.25) is 0 Å². The van der Waals surface area contributed by atoms with Crippen molar-refractivity contribution in [1.29, 1.82) is 0 Å². The van der Waals surface area contributed by atoms with Crippen LogP contribution in [0.4, 0.5) is 5.69 Å². The number of benzene rings is 1. The van der Waals surface area contributed by atoms with Crippen LogP contribution >= 0.6 is 0 Å². The summed E-state index contributed by atoms with van der Waals surface area (Å²) >= 11 is 0. The van der Waals surface area contributed by atoms with Crippen LogP contribution in [0.15, 0.2) is 41.6 Å². The highest BCUT2D eigenvalue weighted by molar-refractivity contribution is 7.89. The molecule has 0 spiro atoms. The molecule has 2 aromatic rings. The number of carbonyl (C=O) groups is 2. The van der Waals surface area contributed by atoms with E-state index in [-0.39, 0.29) is 10.6 Å². The Hall–Kier alpha value is -2.85. The van der Waals surface area contributed by atoms with E-state index in [1.807, 2.05) is 0 Å². The molecular formula is C19H22N4O5S. The Morgan fingerprint density at radius 2 is 1.76 bits per heavy atom. The molecule has 3 rings (SSSR count). The van der Waals surface area contributed by atoms with Crippen molar-refractivity contribution in [3.63, 3.8) is 0 Å². The normalized spacial score (nSPS) is 15.7. The molecule has 1 fully saturated rings. The van der Waals surface area contributed by atoms with Crippen molar-refractivity contribution in [2.75, 3.05) is 18.4 Å². The Morgan fingerprint density at radius 1 is 1.10 bits per heavy atom. The van der Waals surface area contributed by atoms with Crippen LogP contribution in [0.5, 0.6) is 0 Å². The summed E-state index contributed by atoms with van der Waals surface area (Å²) in [5.41, 5.74) is 1.06. The fourth-order valence-corrected chi connectivity index (χ4v) is 4.32. The number of amides is 1. The Kier molecular flexibility index (Phi) is 6.23. The Morgan fingerprint density at radius 3 is 2.34 bits per heavy atom. The number of hydrogen-bond donors (Lipinski definition) is 1. The molecule has 0 bridgehead atoms. The lowest BCUT2D eigenvalue weighted by molar-refractivity contribution is -0.123. The molecule has 0 saturated carbocycles. The van der Waals surface area contributed by atoms with Crippen molar-refractivity contribution >= 4 is 27.6 Å². The van der Waals surface area contributed by atoms with E-state index in [2.05, 4.69) is 15.3 Å². The summed E-state index contributed by atoms with van der Waals surface area (Å²) in [7, 11) is -3.51. The predicted molar refractivity (Wildman–Crippen MR) is 105 cm³/mol. The first kappa shape index (κ1) is 20.9. The lowest BCUT2D eigenvalue weighted by atomic mass is 10.3. The molecule has 29 heavy (non-hydrogen) atoms. The summed E-state index contributed by atoms with van der Waals surface area (Å²) in [6.07, 6.45) is 3.36. The standard InChI is InChI=1S/C19H22N4O5S/c1-13-11-21-17(12-20-13)19(25)28-14(2)18(24)22-15-5-7-16(8-6-15)29(26,27)23-9-3-4-10-23/h5-8,11-12,14H,3-4,9-10H2,1-2H3,(H,22,24). The Labute approximate surface area is 169 Å². The number of nitrogens with zero attached hydrogens (tertiary/aromatic N) is 3. The Bertz CT molecular complexity index is 984. The maximum absolute atomic E-state index is 12.5. The number of anilines is 1. The second-order valence-corrected chi connectivity index (χ2v) is 8.65. The van der Waals surface area contributed by atoms with Crippen LogP contribution in [-0.2, 0) is 19.6 Å². The maximum Gasteiger partial charge on any atom is 0.359 e. The van der Waals surface area contributed by atoms with Crippen LogP contribution < -0.4 is 5.32 Å². The third-order valence-corrected chi connectivity index (χ3v) is 6.38. The zero-order chi connectivity index (χ0) is 21.0. The molecule has 1 unspecified atom stereocenters. The van der Waals surface area contributed by atoms with Crippen LogP contribution in [0.1, 0.15) is 35.9 Å². The topological polar surface area (TPSA) is 119 Å². The number of hydrogen-bond acceptors (Lipinski definition) is 7. The summed E-state index contributed by atoms with van der Waals surface area (Å²) in [5.74, 6) is -1.30. The smallest absolute Gasteiger partial charge is 0.359 e. The van der Waals surface area contributed by atoms with Gasteiger partial charge in [-0.15, -0.1) is 0 Å². The molecule has 1 aliphatic heterocycles. The van der Waals surface area contributed by atoms with Crippen molar-refractivity contribution in [1.82, 2.24) is 14.3 Å². The second-order valence-electron chi connectivity index (χ2n) is 6.72. The van der Waals surface area contributed by atoms with Gasteiger partial charge in [-0.25, -0.2) is 18.2 Å². The molecule has 9 nitrogen and oxygen atoms in total. The van der Waals surface area contributed by atoms with E-state index < -0.39 is 28.0 Å². The van der Waals surface area contributed by atoms with Gasteiger partial charge < -0.3 is 10.1 Å². The fraction of sp³-hybridized carbons (Fsp3) is 0.368. The van der Waals surface area contributed by atoms with Gasteiger partial charge in [0, 0.05) is 25.0 Å². The van der Waals surface area contributed by atoms with Gasteiger partial charge in [0.15, 0.2) is 11.8 Å². The first-order valence-corrected chi connectivity index (χ1v) is 10.6. The summed E-state index contributed by atoms with van der Waals surface area (Å²) in [6.45, 7) is 4.21. The van der Waals surface area contributed by atoms with Gasteiger partial charge in [0.05, 0.1) is 16.8 Å². The third-order valence-electron chi connectivity index (χ3n) is 4.47. The van der Waals surface area contributed by atoms with E-state index in [9.17, 15) is 18.0 Å². The van der Waals surface area contributed by atoms with Gasteiger partial charge in [-0.2, -0.15) is 4.31 Å². The van der Waals surface area contributed by atoms with E-state index in [1.54, 1.807) is 6.92 Å². The van der Waals surface area contributed by atoms with Gasteiger partial charge in [0.1, 0.15) is 0 Å². The van der Waals surface area contributed by atoms with Crippen LogP contribution in [-0.4, -0.2) is 53.8 Å². The highest BCUT2D eigenvalue weighted by Gasteiger charge is 2.27. The van der Waals surface area contributed by atoms with Crippen LogP contribution in [0.25, 0.3) is 0 Å². The summed E-state index contributed by atoms with van der Waals surface area (Å²) in [6, 6.07) is 5.89. The first-order chi connectivity index (χ1) is 13.8. The molecule has 1 saturated heterocycles. The third kappa shape index (κ3) is 4.96. The largest absolute Gasteiger partial charge is 0.448 e. The van der Waals surface area contributed by atoms with Crippen molar-refractivity contribution in [2.45, 2.75) is 37.7 Å². The number of rotatable bonds is 6. The molecule has 1 atom stereocenters. The quantitative estimate of drug-likeness (QED) is 0.710. The monoisotopic (exact) mass is 418 g/mol. The highest BCUT2D eigenvalue weighted by Crippen LogP contribution is 2.22. The van der Waals surface area contributed by atoms with Crippen molar-refractivity contribution < 1.29 is 22.7 Å². The number of carbonyl (C=O) groups excluding carboxylic acids is 2. The highest BCUT2D eigenvalue weighted by atomic mass is 32.2. The molecule has 2 heterocycles. The molecule has 1 aromatic carbocycles. The van der Waals surface area contributed by atoms with Gasteiger partial charge in [0.25, 0.3) is 5.91 Å². The Balaban J connectivity index is 1.59. The van der Waals surface area contributed by atoms with Crippen molar-refractivity contribution in [2.24, 2.45) is 0 Å². The van der Waals surface area contributed by atoms with E-state index in [1.165, 1.54) is 47.9 Å². The number of nitrogens with one attached hydrogen (secondary N) is 1. The van der Waals surface area contributed by atoms with E-state index in [4.69, 9.17) is 4.74 Å². The predicted octanol–water partition coefficient (Wildman–Crippen LogP) is 1.75. The molecule has 1 aliphatic rings. The molecule has 10 heteroatoms. The average Bonchev–Trinajstić information content (AvgIpc) is 3.24. The van der Waals surface area contributed by atoms with Gasteiger partial charge >= 0.3 is 5.97 Å². The van der Waals surface area contributed by atoms with Crippen LogP contribution in [0, 0.1) is 6.92 Å². The minimum absolute atomic E-state index is 0.00622. The van der Waals surface area contributed by atoms with E-state index in [0.29, 0.717) is 24.5 Å². The van der Waals surface area contributed by atoms with Crippen molar-refractivity contribution in [3.8, 4) is 0 Å².